The summed E-state index contributed by atoms with van der Waals surface area (Å²) in [6.07, 6.45) is 5.46. The second kappa shape index (κ2) is 11.4. The van der Waals surface area contributed by atoms with Gasteiger partial charge in [0.05, 0.1) is 18.9 Å². The molecule has 0 radical (unpaired) electrons. The van der Waals surface area contributed by atoms with Crippen molar-refractivity contribution in [3.63, 3.8) is 0 Å². The van der Waals surface area contributed by atoms with Gasteiger partial charge < -0.3 is 23.9 Å². The maximum Gasteiger partial charge on any atom is 0.337 e. The van der Waals surface area contributed by atoms with Crippen LogP contribution < -0.4 is 19.7 Å². The van der Waals surface area contributed by atoms with E-state index in [-0.39, 0.29) is 18.6 Å². The van der Waals surface area contributed by atoms with Crippen LogP contribution in [0.4, 0.5) is 5.69 Å². The minimum Gasteiger partial charge on any atom is -0.485 e. The van der Waals surface area contributed by atoms with E-state index in [1.54, 1.807) is 54.6 Å². The molecule has 2 atom stereocenters. The second-order valence-corrected chi connectivity index (χ2v) is 9.37. The highest BCUT2D eigenvalue weighted by Crippen LogP contribution is 2.35. The molecular weight excluding hydrogens is 488 g/mol. The van der Waals surface area contributed by atoms with Gasteiger partial charge >= 0.3 is 5.97 Å². The number of hydrogen-bond donors (Lipinski definition) is 1. The number of nitrogens with zero attached hydrogens (tertiary/aromatic N) is 1. The minimum atomic E-state index is -1.11. The van der Waals surface area contributed by atoms with Gasteiger partial charge in [0.2, 0.25) is 6.10 Å². The zero-order valence-corrected chi connectivity index (χ0v) is 21.1. The highest BCUT2D eigenvalue weighted by Gasteiger charge is 2.41. The Kier molecular flexibility index (Phi) is 7.62. The first-order valence-corrected chi connectivity index (χ1v) is 12.8. The van der Waals surface area contributed by atoms with Crippen molar-refractivity contribution >= 4 is 23.5 Å². The van der Waals surface area contributed by atoms with Gasteiger partial charge in [0.25, 0.3) is 11.8 Å². The monoisotopic (exact) mass is 518 g/mol. The molecule has 38 heavy (non-hydrogen) atoms. The number of para-hydroxylation sites is 2. The number of benzene rings is 2. The molecule has 9 heteroatoms. The third kappa shape index (κ3) is 5.37. The molecule has 0 saturated heterocycles. The molecule has 9 nitrogen and oxygen atoms in total. The summed E-state index contributed by atoms with van der Waals surface area (Å²) in [6, 6.07) is 15.7. The zero-order chi connectivity index (χ0) is 26.5. The van der Waals surface area contributed by atoms with Gasteiger partial charge in [-0.05, 0) is 61.4 Å². The van der Waals surface area contributed by atoms with Crippen molar-refractivity contribution < 1.29 is 33.0 Å². The fraction of sp³-hybridized carbons (Fsp3) is 0.345. The number of hydrogen-bond acceptors (Lipinski definition) is 7. The van der Waals surface area contributed by atoms with Gasteiger partial charge in [0, 0.05) is 11.7 Å². The Labute approximate surface area is 220 Å². The fourth-order valence-electron chi connectivity index (χ4n) is 4.92. The van der Waals surface area contributed by atoms with Crippen molar-refractivity contribution in [1.29, 1.82) is 0 Å². The molecule has 1 aliphatic carbocycles. The number of methoxy groups -OCH3 is 1. The lowest BCUT2D eigenvalue weighted by molar-refractivity contribution is -0.132. The highest BCUT2D eigenvalue weighted by atomic mass is 16.6. The highest BCUT2D eigenvalue weighted by molar-refractivity contribution is 6.03. The van der Waals surface area contributed by atoms with Crippen LogP contribution >= 0.6 is 0 Å². The van der Waals surface area contributed by atoms with Gasteiger partial charge in [-0.2, -0.15) is 0 Å². The molecule has 198 valence electrons. The van der Waals surface area contributed by atoms with Crippen LogP contribution in [0.5, 0.6) is 11.5 Å². The Hall–Kier alpha value is -4.27. The molecule has 2 amide bonds. The lowest BCUT2D eigenvalue weighted by Gasteiger charge is -2.35. The molecule has 1 aromatic heterocycles. The third-order valence-corrected chi connectivity index (χ3v) is 6.86. The average molecular weight is 519 g/mol. The fourth-order valence-corrected chi connectivity index (χ4v) is 4.92. The van der Waals surface area contributed by atoms with Gasteiger partial charge in [-0.15, -0.1) is 0 Å². The summed E-state index contributed by atoms with van der Waals surface area (Å²) < 4.78 is 22.3. The number of nitrogens with one attached hydrogen (secondary N) is 1. The van der Waals surface area contributed by atoms with E-state index in [4.69, 9.17) is 18.6 Å². The third-order valence-electron chi connectivity index (χ3n) is 6.86. The number of fused-ring (bicyclic) bond motifs is 1. The SMILES string of the molecule is COC(=O)c1ccc(N(C(=O)[C@H]2COc3ccccc3O2)[C@@H](C(=O)NC2CCCCC2)c2ccco2)cc1. The minimum absolute atomic E-state index is 0.0218. The van der Waals surface area contributed by atoms with E-state index in [0.717, 1.165) is 32.1 Å². The van der Waals surface area contributed by atoms with Crippen LogP contribution in [0.25, 0.3) is 0 Å². The van der Waals surface area contributed by atoms with Crippen LogP contribution in [0, 0.1) is 0 Å². The van der Waals surface area contributed by atoms with Crippen molar-refractivity contribution in [2.75, 3.05) is 18.6 Å². The molecule has 1 fully saturated rings. The second-order valence-electron chi connectivity index (χ2n) is 9.37. The van der Waals surface area contributed by atoms with Gasteiger partial charge in [0.1, 0.15) is 12.4 Å². The van der Waals surface area contributed by atoms with Crippen LogP contribution in [-0.4, -0.2) is 43.6 Å². The van der Waals surface area contributed by atoms with Crippen molar-refractivity contribution in [3.05, 3.63) is 78.3 Å². The van der Waals surface area contributed by atoms with Crippen molar-refractivity contribution in [2.45, 2.75) is 50.3 Å². The lowest BCUT2D eigenvalue weighted by Crippen LogP contribution is -2.52. The topological polar surface area (TPSA) is 107 Å². The molecular formula is C29H30N2O7. The lowest BCUT2D eigenvalue weighted by atomic mass is 9.95. The number of carbonyl (C=O) groups excluding carboxylic acids is 3. The van der Waals surface area contributed by atoms with Gasteiger partial charge in [-0.25, -0.2) is 4.79 Å². The van der Waals surface area contributed by atoms with Crippen LogP contribution in [0.3, 0.4) is 0 Å². The van der Waals surface area contributed by atoms with E-state index in [9.17, 15) is 14.4 Å². The smallest absolute Gasteiger partial charge is 0.337 e. The van der Waals surface area contributed by atoms with E-state index in [2.05, 4.69) is 5.32 Å². The summed E-state index contributed by atoms with van der Waals surface area (Å²) in [6.45, 7) is -0.0261. The standard InChI is InChI=1S/C29H30N2O7/c1-35-29(34)19-13-15-21(16-14-19)31(28(33)25-18-37-22-10-5-6-11-23(22)38-25)26(24-12-7-17-36-24)27(32)30-20-8-3-2-4-9-20/h5-7,10-17,20,25-26H,2-4,8-9,18H2,1H3,(H,30,32)/t25-,26-/m1/s1. The molecule has 1 saturated carbocycles. The first kappa shape index (κ1) is 25.4. The van der Waals surface area contributed by atoms with Crippen LogP contribution in [0.1, 0.15) is 54.3 Å². The molecule has 0 unspecified atom stereocenters. The average Bonchev–Trinajstić information content (AvgIpc) is 3.50. The summed E-state index contributed by atoms with van der Waals surface area (Å²) in [7, 11) is 1.30. The molecule has 1 N–H and O–H groups in total. The van der Waals surface area contributed by atoms with Gasteiger partial charge in [-0.3, -0.25) is 14.5 Å². The summed E-state index contributed by atoms with van der Waals surface area (Å²) in [4.78, 5) is 41.3. The molecule has 0 spiro atoms. The summed E-state index contributed by atoms with van der Waals surface area (Å²) >= 11 is 0. The Bertz CT molecular complexity index is 1270. The number of furan rings is 1. The van der Waals surface area contributed by atoms with Gasteiger partial charge in [0.15, 0.2) is 17.5 Å². The summed E-state index contributed by atoms with van der Waals surface area (Å²) in [5.41, 5.74) is 0.710. The van der Waals surface area contributed by atoms with E-state index in [0.29, 0.717) is 28.5 Å². The Morgan fingerprint density at radius 2 is 1.68 bits per heavy atom. The Balaban J connectivity index is 1.52. The number of carbonyl (C=O) groups is 3. The predicted octanol–water partition coefficient (Wildman–Crippen LogP) is 4.43. The maximum absolute atomic E-state index is 14.1. The molecule has 3 aromatic rings. The quantitative estimate of drug-likeness (QED) is 0.461. The molecule has 0 bridgehead atoms. The number of anilines is 1. The van der Waals surface area contributed by atoms with Gasteiger partial charge in [-0.1, -0.05) is 31.4 Å². The maximum atomic E-state index is 14.1. The normalized spacial score (nSPS) is 17.8. The molecule has 2 aliphatic rings. The Morgan fingerprint density at radius 3 is 2.37 bits per heavy atom. The first-order chi connectivity index (χ1) is 18.5. The largest absolute Gasteiger partial charge is 0.485 e. The van der Waals surface area contributed by atoms with Crippen molar-refractivity contribution in [1.82, 2.24) is 5.32 Å². The Morgan fingerprint density at radius 1 is 0.947 bits per heavy atom. The number of amides is 2. The van der Waals surface area contributed by atoms with Crippen molar-refractivity contribution in [2.24, 2.45) is 0 Å². The molecule has 1 aliphatic heterocycles. The van der Waals surface area contributed by atoms with Crippen LogP contribution in [0.2, 0.25) is 0 Å². The predicted molar refractivity (Wildman–Crippen MR) is 138 cm³/mol. The molecule has 2 heterocycles. The van der Waals surface area contributed by atoms with E-state index >= 15 is 0 Å². The molecule has 5 rings (SSSR count). The zero-order valence-electron chi connectivity index (χ0n) is 21.1. The number of esters is 1. The van der Waals surface area contributed by atoms with E-state index in [1.165, 1.54) is 18.3 Å². The number of rotatable bonds is 7. The van der Waals surface area contributed by atoms with Crippen molar-refractivity contribution in [3.8, 4) is 11.5 Å². The summed E-state index contributed by atoms with van der Waals surface area (Å²) in [5.74, 6) is -0.0455. The van der Waals surface area contributed by atoms with E-state index < -0.39 is 24.0 Å². The summed E-state index contributed by atoms with van der Waals surface area (Å²) in [5, 5.41) is 3.13. The number of ether oxygens (including phenoxy) is 3. The first-order valence-electron chi connectivity index (χ1n) is 12.8. The molecule has 2 aromatic carbocycles. The van der Waals surface area contributed by atoms with E-state index in [1.807, 2.05) is 6.07 Å². The van der Waals surface area contributed by atoms with Crippen LogP contribution in [0.15, 0.2) is 71.3 Å². The van der Waals surface area contributed by atoms with Crippen LogP contribution in [-0.2, 0) is 14.3 Å².